The molecular formula is C10H17N3. The van der Waals surface area contributed by atoms with E-state index in [4.69, 9.17) is 5.53 Å². The van der Waals surface area contributed by atoms with Crippen LogP contribution < -0.4 is 0 Å². The molecule has 0 amide bonds. The van der Waals surface area contributed by atoms with Crippen molar-refractivity contribution < 1.29 is 0 Å². The zero-order valence-corrected chi connectivity index (χ0v) is 8.29. The van der Waals surface area contributed by atoms with Crippen LogP contribution in [0.25, 0.3) is 10.4 Å². The van der Waals surface area contributed by atoms with E-state index in [9.17, 15) is 0 Å². The van der Waals surface area contributed by atoms with Gasteiger partial charge in [-0.2, -0.15) is 0 Å². The number of azide groups is 1. The molecule has 1 aliphatic carbocycles. The van der Waals surface area contributed by atoms with Gasteiger partial charge in [0.2, 0.25) is 0 Å². The molecule has 3 heteroatoms. The fourth-order valence-electron chi connectivity index (χ4n) is 1.87. The largest absolute Gasteiger partial charge is 0.0896 e. The van der Waals surface area contributed by atoms with Gasteiger partial charge in [-0.15, -0.1) is 0 Å². The van der Waals surface area contributed by atoms with Gasteiger partial charge in [0.05, 0.1) is 0 Å². The molecule has 0 aromatic rings. The van der Waals surface area contributed by atoms with E-state index >= 15 is 0 Å². The molecule has 1 rings (SSSR count). The summed E-state index contributed by atoms with van der Waals surface area (Å²) in [4.78, 5) is 2.80. The lowest BCUT2D eigenvalue weighted by atomic mass is 10.1. The molecule has 0 aliphatic heterocycles. The first-order chi connectivity index (χ1) is 6.38. The predicted molar refractivity (Wildman–Crippen MR) is 54.4 cm³/mol. The summed E-state index contributed by atoms with van der Waals surface area (Å²) in [6.07, 6.45) is 7.38. The van der Waals surface area contributed by atoms with Crippen LogP contribution in [0.2, 0.25) is 0 Å². The number of nitrogens with zero attached hydrogens (tertiary/aromatic N) is 3. The van der Waals surface area contributed by atoms with Crippen LogP contribution in [0.5, 0.6) is 0 Å². The minimum atomic E-state index is 0.607. The zero-order valence-electron chi connectivity index (χ0n) is 8.29. The van der Waals surface area contributed by atoms with Crippen molar-refractivity contribution in [3.05, 3.63) is 21.6 Å². The molecule has 0 bridgehead atoms. The van der Waals surface area contributed by atoms with E-state index in [1.165, 1.54) is 37.7 Å². The van der Waals surface area contributed by atoms with Crippen LogP contribution in [0.15, 0.2) is 16.3 Å². The lowest BCUT2D eigenvalue weighted by molar-refractivity contribution is 0.759. The molecule has 0 aromatic carbocycles. The molecule has 1 aliphatic rings. The van der Waals surface area contributed by atoms with Crippen molar-refractivity contribution >= 4 is 0 Å². The number of allylic oxidation sites excluding steroid dienone is 1. The number of hydrogen-bond donors (Lipinski definition) is 0. The van der Waals surface area contributed by atoms with Crippen molar-refractivity contribution in [3.8, 4) is 0 Å². The van der Waals surface area contributed by atoms with Crippen LogP contribution in [0.3, 0.4) is 0 Å². The molecule has 0 aromatic heterocycles. The molecule has 0 atom stereocenters. The van der Waals surface area contributed by atoms with E-state index < -0.39 is 0 Å². The Balaban J connectivity index is 2.49. The zero-order chi connectivity index (χ0) is 9.52. The summed E-state index contributed by atoms with van der Waals surface area (Å²) in [5, 5.41) is 3.63. The number of rotatable bonds is 5. The van der Waals surface area contributed by atoms with Crippen LogP contribution in [-0.4, -0.2) is 6.54 Å². The third kappa shape index (κ3) is 3.11. The quantitative estimate of drug-likeness (QED) is 0.265. The Bertz CT molecular complexity index is 237. The third-order valence-corrected chi connectivity index (χ3v) is 2.61. The smallest absolute Gasteiger partial charge is 0.0472 e. The number of hydrogen-bond acceptors (Lipinski definition) is 1. The molecule has 0 saturated heterocycles. The van der Waals surface area contributed by atoms with E-state index in [1.807, 2.05) is 0 Å². The van der Waals surface area contributed by atoms with Crippen molar-refractivity contribution in [2.24, 2.45) is 5.11 Å². The summed E-state index contributed by atoms with van der Waals surface area (Å²) >= 11 is 0. The first-order valence-electron chi connectivity index (χ1n) is 5.09. The maximum absolute atomic E-state index is 8.22. The van der Waals surface area contributed by atoms with Gasteiger partial charge in [0.1, 0.15) is 0 Å². The highest BCUT2D eigenvalue weighted by Crippen LogP contribution is 2.29. The molecule has 0 saturated carbocycles. The van der Waals surface area contributed by atoms with Crippen LogP contribution >= 0.6 is 0 Å². The highest BCUT2D eigenvalue weighted by atomic mass is 15.1. The first-order valence-corrected chi connectivity index (χ1v) is 5.09. The van der Waals surface area contributed by atoms with Crippen LogP contribution in [-0.2, 0) is 0 Å². The maximum atomic E-state index is 8.22. The molecule has 0 unspecified atom stereocenters. The summed E-state index contributed by atoms with van der Waals surface area (Å²) in [6.45, 7) is 2.82. The summed E-state index contributed by atoms with van der Waals surface area (Å²) in [5.41, 5.74) is 11.2. The monoisotopic (exact) mass is 179 g/mol. The van der Waals surface area contributed by atoms with E-state index in [0.29, 0.717) is 6.54 Å². The minimum Gasteiger partial charge on any atom is -0.0896 e. The van der Waals surface area contributed by atoms with Gasteiger partial charge in [-0.3, -0.25) is 0 Å². The second-order valence-corrected chi connectivity index (χ2v) is 3.55. The molecule has 0 heterocycles. The van der Waals surface area contributed by atoms with Gasteiger partial charge in [0.25, 0.3) is 0 Å². The van der Waals surface area contributed by atoms with Gasteiger partial charge in [-0.25, -0.2) is 0 Å². The van der Waals surface area contributed by atoms with Crippen molar-refractivity contribution in [2.75, 3.05) is 6.54 Å². The first kappa shape index (κ1) is 10.1. The highest BCUT2D eigenvalue weighted by molar-refractivity contribution is 5.20. The lowest BCUT2D eigenvalue weighted by Crippen LogP contribution is -1.88. The Kier molecular flexibility index (Phi) is 4.41. The van der Waals surface area contributed by atoms with Crippen molar-refractivity contribution in [3.63, 3.8) is 0 Å². The Labute approximate surface area is 79.5 Å². The van der Waals surface area contributed by atoms with Crippen molar-refractivity contribution in [1.82, 2.24) is 0 Å². The third-order valence-electron chi connectivity index (χ3n) is 2.61. The van der Waals surface area contributed by atoms with Crippen LogP contribution in [0, 0.1) is 0 Å². The summed E-state index contributed by atoms with van der Waals surface area (Å²) in [7, 11) is 0. The van der Waals surface area contributed by atoms with E-state index in [0.717, 1.165) is 6.42 Å². The second-order valence-electron chi connectivity index (χ2n) is 3.55. The Morgan fingerprint density at radius 3 is 2.85 bits per heavy atom. The van der Waals surface area contributed by atoms with Crippen LogP contribution in [0.4, 0.5) is 0 Å². The Morgan fingerprint density at radius 2 is 2.15 bits per heavy atom. The fourth-order valence-corrected chi connectivity index (χ4v) is 1.87. The van der Waals surface area contributed by atoms with E-state index in [2.05, 4.69) is 16.9 Å². The highest BCUT2D eigenvalue weighted by Gasteiger charge is 2.12. The van der Waals surface area contributed by atoms with Gasteiger partial charge in [0.15, 0.2) is 0 Å². The fraction of sp³-hybridized carbons (Fsp3) is 0.800. The summed E-state index contributed by atoms with van der Waals surface area (Å²) < 4.78 is 0. The molecule has 3 nitrogen and oxygen atoms in total. The molecule has 72 valence electrons. The standard InChI is InChI=1S/C10H17N3/c1-2-3-5-9-6-4-7-10(9)8-12-13-11/h2-8H2,1H3. The minimum absolute atomic E-state index is 0.607. The Morgan fingerprint density at radius 1 is 1.38 bits per heavy atom. The summed E-state index contributed by atoms with van der Waals surface area (Å²) in [6, 6.07) is 0. The van der Waals surface area contributed by atoms with Gasteiger partial charge >= 0.3 is 0 Å². The predicted octanol–water partition coefficient (Wildman–Crippen LogP) is 3.97. The van der Waals surface area contributed by atoms with E-state index in [1.54, 1.807) is 5.57 Å². The average Bonchev–Trinajstić information content (AvgIpc) is 2.59. The summed E-state index contributed by atoms with van der Waals surface area (Å²) in [5.74, 6) is 0. The second kappa shape index (κ2) is 5.65. The van der Waals surface area contributed by atoms with Crippen LogP contribution in [0.1, 0.15) is 45.4 Å². The molecule has 0 N–H and O–H groups in total. The van der Waals surface area contributed by atoms with E-state index in [-0.39, 0.29) is 0 Å². The van der Waals surface area contributed by atoms with Gasteiger partial charge < -0.3 is 0 Å². The van der Waals surface area contributed by atoms with Crippen molar-refractivity contribution in [2.45, 2.75) is 45.4 Å². The normalized spacial score (nSPS) is 16.1. The molecule has 0 spiro atoms. The van der Waals surface area contributed by atoms with Gasteiger partial charge in [-0.1, -0.05) is 29.6 Å². The Hall–Kier alpha value is -0.950. The van der Waals surface area contributed by atoms with Gasteiger partial charge in [-0.05, 0) is 37.6 Å². The van der Waals surface area contributed by atoms with Gasteiger partial charge in [0, 0.05) is 11.5 Å². The molecule has 0 radical (unpaired) electrons. The SMILES string of the molecule is CCCCC1=C(CN=[N+]=[N-])CCC1. The average molecular weight is 179 g/mol. The molecule has 13 heavy (non-hydrogen) atoms. The molecule has 0 fully saturated rings. The molecular weight excluding hydrogens is 162 g/mol. The maximum Gasteiger partial charge on any atom is 0.0472 e. The topological polar surface area (TPSA) is 48.8 Å². The lowest BCUT2D eigenvalue weighted by Gasteiger charge is -2.03. The number of unbranched alkanes of at least 4 members (excludes halogenated alkanes) is 1. The van der Waals surface area contributed by atoms with Crippen molar-refractivity contribution in [1.29, 1.82) is 0 Å².